The molecule has 0 bridgehead atoms. The molecule has 0 saturated carbocycles. The van der Waals surface area contributed by atoms with Crippen LogP contribution in [-0.2, 0) is 12.8 Å². The van der Waals surface area contributed by atoms with Gasteiger partial charge in [0.2, 0.25) is 0 Å². The zero-order valence-corrected chi connectivity index (χ0v) is 14.9. The van der Waals surface area contributed by atoms with Gasteiger partial charge in [0.25, 0.3) is 0 Å². The van der Waals surface area contributed by atoms with E-state index in [0.717, 1.165) is 33.5 Å². The van der Waals surface area contributed by atoms with E-state index in [2.05, 4.69) is 21.4 Å². The molecule has 0 aliphatic carbocycles. The molecule has 2 rings (SSSR count). The van der Waals surface area contributed by atoms with Crippen LogP contribution in [0, 0.1) is 0 Å². The predicted octanol–water partition coefficient (Wildman–Crippen LogP) is 5.03. The maximum atomic E-state index is 6.24. The molecule has 2 aromatic carbocycles. The van der Waals surface area contributed by atoms with Crippen LogP contribution in [0.2, 0.25) is 15.1 Å². The van der Waals surface area contributed by atoms with Crippen LogP contribution in [0.15, 0.2) is 40.9 Å². The fraction of sp³-hybridized carbons (Fsp3) is 0.200. The minimum absolute atomic E-state index is 0.0564. The zero-order chi connectivity index (χ0) is 15.4. The summed E-state index contributed by atoms with van der Waals surface area (Å²) in [5, 5.41) is 1.82. The molecule has 6 heteroatoms. The second-order valence-corrected chi connectivity index (χ2v) is 6.89. The lowest BCUT2D eigenvalue weighted by Crippen LogP contribution is -2.38. The largest absolute Gasteiger partial charge is 0.271 e. The standard InChI is InChI=1S/C15H14BrCl3N2/c16-11-3-2-10(14(18)8-11)7-12(21-20)5-9-1-4-13(17)15(19)6-9/h1-4,6,8,12,21H,5,7,20H2. The van der Waals surface area contributed by atoms with Gasteiger partial charge in [0.05, 0.1) is 10.0 Å². The second-order valence-electron chi connectivity index (χ2n) is 4.76. The first-order valence-corrected chi connectivity index (χ1v) is 8.26. The molecular weight excluding hydrogens is 394 g/mol. The molecule has 1 unspecified atom stereocenters. The maximum Gasteiger partial charge on any atom is 0.0595 e. The van der Waals surface area contributed by atoms with E-state index < -0.39 is 0 Å². The normalized spacial score (nSPS) is 12.4. The van der Waals surface area contributed by atoms with Gasteiger partial charge < -0.3 is 0 Å². The van der Waals surface area contributed by atoms with Gasteiger partial charge in [-0.2, -0.15) is 0 Å². The van der Waals surface area contributed by atoms with Gasteiger partial charge in [-0.25, -0.2) is 0 Å². The van der Waals surface area contributed by atoms with Gasteiger partial charge in [0, 0.05) is 15.5 Å². The van der Waals surface area contributed by atoms with E-state index in [4.69, 9.17) is 40.6 Å². The molecule has 2 nitrogen and oxygen atoms in total. The van der Waals surface area contributed by atoms with E-state index in [-0.39, 0.29) is 6.04 Å². The Kier molecular flexibility index (Phi) is 6.35. The molecule has 0 radical (unpaired) electrons. The number of nitrogens with one attached hydrogen (secondary N) is 1. The van der Waals surface area contributed by atoms with E-state index in [1.165, 1.54) is 0 Å². The van der Waals surface area contributed by atoms with Gasteiger partial charge in [-0.05, 0) is 48.2 Å². The van der Waals surface area contributed by atoms with Crippen LogP contribution >= 0.6 is 50.7 Å². The number of halogens is 4. The van der Waals surface area contributed by atoms with Crippen molar-refractivity contribution in [3.05, 3.63) is 67.1 Å². The third-order valence-electron chi connectivity index (χ3n) is 3.18. The van der Waals surface area contributed by atoms with Crippen LogP contribution in [0.1, 0.15) is 11.1 Å². The number of benzene rings is 2. The molecule has 0 spiro atoms. The highest BCUT2D eigenvalue weighted by molar-refractivity contribution is 9.10. The van der Waals surface area contributed by atoms with Crippen LogP contribution in [0.25, 0.3) is 0 Å². The Morgan fingerprint density at radius 3 is 2.33 bits per heavy atom. The third kappa shape index (κ3) is 4.85. The van der Waals surface area contributed by atoms with Crippen molar-refractivity contribution in [2.45, 2.75) is 18.9 Å². The summed E-state index contributed by atoms with van der Waals surface area (Å²) in [5.41, 5.74) is 4.94. The Bertz CT molecular complexity index is 634. The number of hydrazine groups is 1. The average molecular weight is 409 g/mol. The van der Waals surface area contributed by atoms with Gasteiger partial charge in [-0.15, -0.1) is 0 Å². The molecule has 3 N–H and O–H groups in total. The minimum Gasteiger partial charge on any atom is -0.271 e. The third-order valence-corrected chi connectivity index (χ3v) is 4.77. The molecule has 0 aliphatic heterocycles. The first kappa shape index (κ1) is 17.1. The highest BCUT2D eigenvalue weighted by Crippen LogP contribution is 2.25. The first-order valence-electron chi connectivity index (χ1n) is 6.33. The summed E-state index contributed by atoms with van der Waals surface area (Å²) in [6, 6.07) is 11.5. The van der Waals surface area contributed by atoms with E-state index in [1.54, 1.807) is 6.07 Å². The molecule has 0 aromatic heterocycles. The maximum absolute atomic E-state index is 6.24. The monoisotopic (exact) mass is 406 g/mol. The number of hydrogen-bond acceptors (Lipinski definition) is 2. The van der Waals surface area contributed by atoms with Crippen molar-refractivity contribution < 1.29 is 0 Å². The Morgan fingerprint density at radius 2 is 1.71 bits per heavy atom. The van der Waals surface area contributed by atoms with Crippen molar-refractivity contribution in [2.75, 3.05) is 0 Å². The van der Waals surface area contributed by atoms with E-state index in [1.807, 2.05) is 30.3 Å². The molecule has 0 saturated heterocycles. The van der Waals surface area contributed by atoms with Gasteiger partial charge in [0.1, 0.15) is 0 Å². The van der Waals surface area contributed by atoms with Crippen LogP contribution in [0.5, 0.6) is 0 Å². The van der Waals surface area contributed by atoms with Crippen molar-refractivity contribution in [1.29, 1.82) is 0 Å². The van der Waals surface area contributed by atoms with Crippen molar-refractivity contribution in [2.24, 2.45) is 5.84 Å². The highest BCUT2D eigenvalue weighted by Gasteiger charge is 2.12. The summed E-state index contributed by atoms with van der Waals surface area (Å²) < 4.78 is 0.956. The van der Waals surface area contributed by atoms with Gasteiger partial charge in [-0.1, -0.05) is 62.9 Å². The van der Waals surface area contributed by atoms with Crippen LogP contribution in [-0.4, -0.2) is 6.04 Å². The van der Waals surface area contributed by atoms with Crippen LogP contribution in [0.4, 0.5) is 0 Å². The minimum atomic E-state index is 0.0564. The number of rotatable bonds is 5. The molecule has 21 heavy (non-hydrogen) atoms. The Hall–Kier alpha value is -0.290. The zero-order valence-electron chi connectivity index (χ0n) is 11.0. The van der Waals surface area contributed by atoms with Gasteiger partial charge in [-0.3, -0.25) is 11.3 Å². The second kappa shape index (κ2) is 7.82. The van der Waals surface area contributed by atoms with Crippen molar-refractivity contribution in [1.82, 2.24) is 5.43 Å². The molecular formula is C15H14BrCl3N2. The summed E-state index contributed by atoms with van der Waals surface area (Å²) in [5.74, 6) is 5.65. The molecule has 2 aromatic rings. The summed E-state index contributed by atoms with van der Waals surface area (Å²) >= 11 is 21.6. The molecule has 0 aliphatic rings. The first-order chi connectivity index (χ1) is 9.99. The van der Waals surface area contributed by atoms with E-state index >= 15 is 0 Å². The highest BCUT2D eigenvalue weighted by atomic mass is 79.9. The Morgan fingerprint density at radius 1 is 0.952 bits per heavy atom. The van der Waals surface area contributed by atoms with E-state index in [9.17, 15) is 0 Å². The Labute approximate surface area is 147 Å². The lowest BCUT2D eigenvalue weighted by molar-refractivity contribution is 0.522. The fourth-order valence-electron chi connectivity index (χ4n) is 2.09. The summed E-state index contributed by atoms with van der Waals surface area (Å²) in [4.78, 5) is 0. The van der Waals surface area contributed by atoms with Gasteiger partial charge in [0.15, 0.2) is 0 Å². The molecule has 0 heterocycles. The Balaban J connectivity index is 2.10. The molecule has 0 amide bonds. The average Bonchev–Trinajstić information content (AvgIpc) is 2.44. The van der Waals surface area contributed by atoms with Crippen LogP contribution < -0.4 is 11.3 Å². The number of nitrogens with two attached hydrogens (primary N) is 1. The lowest BCUT2D eigenvalue weighted by atomic mass is 9.99. The smallest absolute Gasteiger partial charge is 0.0595 e. The summed E-state index contributed by atoms with van der Waals surface area (Å²) in [7, 11) is 0. The topological polar surface area (TPSA) is 38.0 Å². The lowest BCUT2D eigenvalue weighted by Gasteiger charge is -2.17. The van der Waals surface area contributed by atoms with Crippen molar-refractivity contribution in [3.63, 3.8) is 0 Å². The predicted molar refractivity (Wildman–Crippen MR) is 94.1 cm³/mol. The van der Waals surface area contributed by atoms with Gasteiger partial charge >= 0.3 is 0 Å². The van der Waals surface area contributed by atoms with E-state index in [0.29, 0.717) is 10.0 Å². The SMILES string of the molecule is NNC(Cc1ccc(Cl)c(Cl)c1)Cc1ccc(Br)cc1Cl. The molecule has 1 atom stereocenters. The number of hydrogen-bond donors (Lipinski definition) is 2. The van der Waals surface area contributed by atoms with Crippen molar-refractivity contribution in [3.8, 4) is 0 Å². The quantitative estimate of drug-likeness (QED) is 0.538. The molecule has 0 fully saturated rings. The molecule has 112 valence electrons. The summed E-state index contributed by atoms with van der Waals surface area (Å²) in [6.07, 6.45) is 1.46. The summed E-state index contributed by atoms with van der Waals surface area (Å²) in [6.45, 7) is 0. The fourth-order valence-corrected chi connectivity index (χ4v) is 3.17. The van der Waals surface area contributed by atoms with Crippen LogP contribution in [0.3, 0.4) is 0 Å². The van der Waals surface area contributed by atoms with Crippen molar-refractivity contribution >= 4 is 50.7 Å².